The number of anilines is 2. The van der Waals surface area contributed by atoms with E-state index in [1.165, 1.54) is 19.3 Å². The number of pyridine rings is 1. The van der Waals surface area contributed by atoms with Crippen LogP contribution in [-0.2, 0) is 9.59 Å². The molecule has 0 fully saturated rings. The van der Waals surface area contributed by atoms with E-state index in [2.05, 4.69) is 36.9 Å². The van der Waals surface area contributed by atoms with Crippen molar-refractivity contribution in [2.45, 2.75) is 0 Å². The van der Waals surface area contributed by atoms with Crippen molar-refractivity contribution in [2.75, 3.05) is 17.7 Å². The zero-order valence-electron chi connectivity index (χ0n) is 15.8. The molecular weight excluding hydrogens is 452 g/mol. The largest absolute Gasteiger partial charge is 0.457 e. The highest BCUT2D eigenvalue weighted by atomic mass is 79.9. The number of nitrogens with zero attached hydrogens (tertiary/aromatic N) is 1. The molecule has 0 aliphatic carbocycles. The molecular formula is C21H17BrN4O4. The zero-order chi connectivity index (χ0) is 21.5. The number of amides is 3. The number of hydrogen-bond acceptors (Lipinski definition) is 5. The number of rotatable bonds is 5. The highest BCUT2D eigenvalue weighted by Gasteiger charge is 2.15. The molecule has 1 aromatic heterocycles. The van der Waals surface area contributed by atoms with Crippen molar-refractivity contribution in [1.82, 2.24) is 10.3 Å². The molecule has 3 amide bonds. The van der Waals surface area contributed by atoms with Crippen LogP contribution in [0.5, 0.6) is 11.5 Å². The van der Waals surface area contributed by atoms with E-state index in [-0.39, 0.29) is 11.6 Å². The van der Waals surface area contributed by atoms with Crippen molar-refractivity contribution >= 4 is 45.0 Å². The van der Waals surface area contributed by atoms with Crippen molar-refractivity contribution in [3.05, 3.63) is 77.0 Å². The van der Waals surface area contributed by atoms with Gasteiger partial charge in [-0.1, -0.05) is 28.1 Å². The van der Waals surface area contributed by atoms with Crippen LogP contribution in [0.1, 0.15) is 10.5 Å². The van der Waals surface area contributed by atoms with Crippen LogP contribution in [0.25, 0.3) is 0 Å². The number of nitrogens with one attached hydrogen (secondary N) is 3. The van der Waals surface area contributed by atoms with Crippen LogP contribution in [0, 0.1) is 0 Å². The topological polar surface area (TPSA) is 109 Å². The molecule has 0 aliphatic heterocycles. The third kappa shape index (κ3) is 5.65. The van der Waals surface area contributed by atoms with E-state index in [4.69, 9.17) is 4.74 Å². The molecule has 0 spiro atoms. The normalized spacial score (nSPS) is 10.1. The Kier molecular flexibility index (Phi) is 6.76. The third-order valence-corrected chi connectivity index (χ3v) is 4.30. The summed E-state index contributed by atoms with van der Waals surface area (Å²) in [5.74, 6) is -1.15. The first kappa shape index (κ1) is 21.0. The molecule has 0 atom stereocenters. The van der Waals surface area contributed by atoms with Gasteiger partial charge in [-0.25, -0.2) is 0 Å². The Labute approximate surface area is 180 Å². The number of halogens is 1. The summed E-state index contributed by atoms with van der Waals surface area (Å²) in [5, 5.41) is 7.53. The summed E-state index contributed by atoms with van der Waals surface area (Å²) in [6, 6.07) is 16.5. The first-order chi connectivity index (χ1) is 14.4. The van der Waals surface area contributed by atoms with Gasteiger partial charge in [-0.2, -0.15) is 0 Å². The maximum Gasteiger partial charge on any atom is 0.314 e. The van der Waals surface area contributed by atoms with Gasteiger partial charge in [-0.05, 0) is 36.4 Å². The summed E-state index contributed by atoms with van der Waals surface area (Å²) in [4.78, 5) is 40.0. The van der Waals surface area contributed by atoms with Gasteiger partial charge in [0.15, 0.2) is 0 Å². The van der Waals surface area contributed by atoms with Crippen molar-refractivity contribution in [1.29, 1.82) is 0 Å². The van der Waals surface area contributed by atoms with Crippen molar-refractivity contribution < 1.29 is 19.1 Å². The maximum atomic E-state index is 12.2. The predicted octanol–water partition coefficient (Wildman–Crippen LogP) is 3.57. The summed E-state index contributed by atoms with van der Waals surface area (Å²) < 4.78 is 6.51. The second-order valence-corrected chi connectivity index (χ2v) is 6.92. The fourth-order valence-corrected chi connectivity index (χ4v) is 2.84. The summed E-state index contributed by atoms with van der Waals surface area (Å²) in [7, 11) is 1.51. The molecule has 0 unspecified atom stereocenters. The molecule has 0 bridgehead atoms. The standard InChI is InChI=1S/C21H17BrN4O4/c1-23-19(27)18-12-17(8-9-24-18)30-16-7-3-6-15(11-16)26-21(29)20(28)25-14-5-2-4-13(22)10-14/h2-12H,1H3,(H,23,27)(H,25,28)(H,26,29). The molecule has 3 aromatic rings. The van der Waals surface area contributed by atoms with E-state index in [0.717, 1.165) is 4.47 Å². The highest BCUT2D eigenvalue weighted by Crippen LogP contribution is 2.24. The lowest BCUT2D eigenvalue weighted by Crippen LogP contribution is -2.29. The first-order valence-corrected chi connectivity index (χ1v) is 9.58. The van der Waals surface area contributed by atoms with Crippen LogP contribution >= 0.6 is 15.9 Å². The Bertz CT molecular complexity index is 1100. The lowest BCUT2D eigenvalue weighted by molar-refractivity contribution is -0.132. The van der Waals surface area contributed by atoms with Gasteiger partial charge in [0, 0.05) is 41.2 Å². The van der Waals surface area contributed by atoms with Gasteiger partial charge >= 0.3 is 11.8 Å². The van der Waals surface area contributed by atoms with E-state index in [9.17, 15) is 14.4 Å². The fourth-order valence-electron chi connectivity index (χ4n) is 2.44. The molecule has 152 valence electrons. The highest BCUT2D eigenvalue weighted by molar-refractivity contribution is 9.10. The smallest absolute Gasteiger partial charge is 0.314 e. The molecule has 3 N–H and O–H groups in total. The quantitative estimate of drug-likeness (QED) is 0.495. The third-order valence-electron chi connectivity index (χ3n) is 3.81. The Morgan fingerprint density at radius 1 is 0.867 bits per heavy atom. The molecule has 9 heteroatoms. The molecule has 0 radical (unpaired) electrons. The Hall–Kier alpha value is -3.72. The molecule has 8 nitrogen and oxygen atoms in total. The average Bonchev–Trinajstić information content (AvgIpc) is 2.73. The number of ether oxygens (including phenoxy) is 1. The monoisotopic (exact) mass is 468 g/mol. The van der Waals surface area contributed by atoms with Crippen LogP contribution in [0.2, 0.25) is 0 Å². The van der Waals surface area contributed by atoms with Crippen LogP contribution in [-0.4, -0.2) is 29.8 Å². The second-order valence-electron chi connectivity index (χ2n) is 6.00. The van der Waals surface area contributed by atoms with Gasteiger partial charge in [0.25, 0.3) is 5.91 Å². The van der Waals surface area contributed by atoms with Crippen molar-refractivity contribution in [3.63, 3.8) is 0 Å². The number of aromatic nitrogens is 1. The van der Waals surface area contributed by atoms with E-state index >= 15 is 0 Å². The summed E-state index contributed by atoms with van der Waals surface area (Å²) in [5.41, 5.74) is 1.08. The van der Waals surface area contributed by atoms with Crippen LogP contribution in [0.4, 0.5) is 11.4 Å². The molecule has 3 rings (SSSR count). The SMILES string of the molecule is CNC(=O)c1cc(Oc2cccc(NC(=O)C(=O)Nc3cccc(Br)c3)c2)ccn1. The van der Waals surface area contributed by atoms with E-state index in [1.807, 2.05) is 6.07 Å². The predicted molar refractivity (Wildman–Crippen MR) is 116 cm³/mol. The number of carbonyl (C=O) groups excluding carboxylic acids is 3. The summed E-state index contributed by atoms with van der Waals surface area (Å²) in [6.07, 6.45) is 1.46. The van der Waals surface area contributed by atoms with Gasteiger partial charge < -0.3 is 20.7 Å². The molecule has 0 saturated heterocycles. The second kappa shape index (κ2) is 9.66. The van der Waals surface area contributed by atoms with Crippen molar-refractivity contribution in [3.8, 4) is 11.5 Å². The van der Waals surface area contributed by atoms with E-state index in [1.54, 1.807) is 48.5 Å². The van der Waals surface area contributed by atoms with Crippen molar-refractivity contribution in [2.24, 2.45) is 0 Å². The number of hydrogen-bond donors (Lipinski definition) is 3. The number of benzene rings is 2. The zero-order valence-corrected chi connectivity index (χ0v) is 17.4. The summed E-state index contributed by atoms with van der Waals surface area (Å²) >= 11 is 3.30. The lowest BCUT2D eigenvalue weighted by Gasteiger charge is -2.10. The first-order valence-electron chi connectivity index (χ1n) is 8.78. The van der Waals surface area contributed by atoms with Crippen LogP contribution in [0.3, 0.4) is 0 Å². The fraction of sp³-hybridized carbons (Fsp3) is 0.0476. The molecule has 30 heavy (non-hydrogen) atoms. The van der Waals surface area contributed by atoms with Gasteiger partial charge in [0.05, 0.1) is 0 Å². The lowest BCUT2D eigenvalue weighted by atomic mass is 10.3. The summed E-state index contributed by atoms with van der Waals surface area (Å²) in [6.45, 7) is 0. The van der Waals surface area contributed by atoms with E-state index < -0.39 is 11.8 Å². The molecule has 0 saturated carbocycles. The molecule has 2 aromatic carbocycles. The van der Waals surface area contributed by atoms with E-state index in [0.29, 0.717) is 22.9 Å². The minimum Gasteiger partial charge on any atom is -0.457 e. The van der Waals surface area contributed by atoms with Gasteiger partial charge in [-0.3, -0.25) is 19.4 Å². The Balaban J connectivity index is 1.66. The number of carbonyl (C=O) groups is 3. The maximum absolute atomic E-state index is 12.2. The molecule has 0 aliphatic rings. The average molecular weight is 469 g/mol. The Morgan fingerprint density at radius 2 is 1.50 bits per heavy atom. The Morgan fingerprint density at radius 3 is 2.17 bits per heavy atom. The minimum atomic E-state index is -0.821. The van der Waals surface area contributed by atoms with Crippen LogP contribution < -0.4 is 20.7 Å². The van der Waals surface area contributed by atoms with Gasteiger partial charge in [0.2, 0.25) is 0 Å². The van der Waals surface area contributed by atoms with Gasteiger partial charge in [-0.15, -0.1) is 0 Å². The molecule has 1 heterocycles. The van der Waals surface area contributed by atoms with Gasteiger partial charge in [0.1, 0.15) is 17.2 Å². The van der Waals surface area contributed by atoms with Crippen LogP contribution in [0.15, 0.2) is 71.3 Å². The minimum absolute atomic E-state index is 0.212.